The molecule has 0 atom stereocenters. The summed E-state index contributed by atoms with van der Waals surface area (Å²) in [4.78, 5) is 0. The third-order valence-electron chi connectivity index (χ3n) is 2.90. The molecule has 20 heavy (non-hydrogen) atoms. The number of rotatable bonds is 5. The van der Waals surface area contributed by atoms with Gasteiger partial charge in [-0.15, -0.1) is 11.3 Å². The van der Waals surface area contributed by atoms with Crippen molar-refractivity contribution in [2.45, 2.75) is 17.7 Å². The summed E-state index contributed by atoms with van der Waals surface area (Å²) >= 11 is 4.50. The van der Waals surface area contributed by atoms with Crippen molar-refractivity contribution in [3.8, 4) is 0 Å². The van der Waals surface area contributed by atoms with Crippen molar-refractivity contribution in [3.63, 3.8) is 0 Å². The average molecular weight is 375 g/mol. The number of hydrogen-bond acceptors (Lipinski definition) is 4. The Morgan fingerprint density at radius 2 is 1.95 bits per heavy atom. The van der Waals surface area contributed by atoms with Crippen LogP contribution in [0.25, 0.3) is 0 Å². The zero-order chi connectivity index (χ0) is 14.8. The first-order valence-corrected chi connectivity index (χ1v) is 9.09. The van der Waals surface area contributed by atoms with Gasteiger partial charge in [-0.25, -0.2) is 8.42 Å². The molecular formula is C13H15BrN2O2S2. The van der Waals surface area contributed by atoms with Crippen molar-refractivity contribution in [1.29, 1.82) is 0 Å². The molecule has 7 heteroatoms. The fraction of sp³-hybridized carbons (Fsp3) is 0.231. The SMILES string of the molecule is CCN(Cc1ccccc1N)S(=O)(=O)c1ccc(Br)s1. The molecule has 0 saturated heterocycles. The maximum absolute atomic E-state index is 12.6. The summed E-state index contributed by atoms with van der Waals surface area (Å²) in [6.45, 7) is 2.49. The van der Waals surface area contributed by atoms with Crippen LogP contribution in [0.5, 0.6) is 0 Å². The first kappa shape index (κ1) is 15.5. The predicted molar refractivity (Wildman–Crippen MR) is 86.1 cm³/mol. The molecule has 1 aromatic heterocycles. The highest BCUT2D eigenvalue weighted by molar-refractivity contribution is 9.11. The van der Waals surface area contributed by atoms with E-state index in [1.807, 2.05) is 25.1 Å². The van der Waals surface area contributed by atoms with E-state index >= 15 is 0 Å². The zero-order valence-electron chi connectivity index (χ0n) is 10.9. The van der Waals surface area contributed by atoms with Gasteiger partial charge in [0.25, 0.3) is 10.0 Å². The molecule has 108 valence electrons. The number of sulfonamides is 1. The quantitative estimate of drug-likeness (QED) is 0.816. The van der Waals surface area contributed by atoms with Crippen molar-refractivity contribution < 1.29 is 8.42 Å². The second-order valence-electron chi connectivity index (χ2n) is 4.19. The monoisotopic (exact) mass is 374 g/mol. The number of hydrogen-bond donors (Lipinski definition) is 1. The first-order valence-electron chi connectivity index (χ1n) is 6.04. The number of halogens is 1. The molecule has 0 fully saturated rings. The van der Waals surface area contributed by atoms with E-state index in [4.69, 9.17) is 5.73 Å². The Hall–Kier alpha value is -0.890. The van der Waals surface area contributed by atoms with Gasteiger partial charge in [0.15, 0.2) is 0 Å². The Kier molecular flexibility index (Phi) is 4.85. The average Bonchev–Trinajstić information content (AvgIpc) is 2.85. The molecule has 1 aromatic carbocycles. The molecule has 0 aliphatic carbocycles. The van der Waals surface area contributed by atoms with Crippen LogP contribution in [0.15, 0.2) is 44.4 Å². The van der Waals surface area contributed by atoms with E-state index in [9.17, 15) is 8.42 Å². The van der Waals surface area contributed by atoms with Crippen LogP contribution in [0.4, 0.5) is 5.69 Å². The Bertz CT molecular complexity index is 698. The second-order valence-corrected chi connectivity index (χ2v) is 8.82. The Morgan fingerprint density at radius 1 is 1.25 bits per heavy atom. The summed E-state index contributed by atoms with van der Waals surface area (Å²) in [5, 5.41) is 0. The van der Waals surface area contributed by atoms with Crippen LogP contribution in [0.1, 0.15) is 12.5 Å². The van der Waals surface area contributed by atoms with Gasteiger partial charge >= 0.3 is 0 Å². The molecule has 1 heterocycles. The van der Waals surface area contributed by atoms with Crippen molar-refractivity contribution in [2.24, 2.45) is 0 Å². The lowest BCUT2D eigenvalue weighted by molar-refractivity contribution is 0.425. The van der Waals surface area contributed by atoms with Crippen LogP contribution in [0.2, 0.25) is 0 Å². The number of nitrogens with zero attached hydrogens (tertiary/aromatic N) is 1. The lowest BCUT2D eigenvalue weighted by Gasteiger charge is -2.20. The van der Waals surface area contributed by atoms with Gasteiger partial charge in [-0.1, -0.05) is 25.1 Å². The number of anilines is 1. The van der Waals surface area contributed by atoms with Crippen LogP contribution < -0.4 is 5.73 Å². The molecule has 0 radical (unpaired) electrons. The molecule has 0 saturated carbocycles. The standard InChI is InChI=1S/C13H15BrN2O2S2/c1-2-16(9-10-5-3-4-6-11(10)15)20(17,18)13-8-7-12(14)19-13/h3-8H,2,9,15H2,1H3. The highest BCUT2D eigenvalue weighted by Gasteiger charge is 2.25. The largest absolute Gasteiger partial charge is 0.398 e. The van der Waals surface area contributed by atoms with Gasteiger partial charge in [0.1, 0.15) is 4.21 Å². The van der Waals surface area contributed by atoms with Crippen molar-refractivity contribution in [1.82, 2.24) is 4.31 Å². The smallest absolute Gasteiger partial charge is 0.252 e. The van der Waals surface area contributed by atoms with Crippen molar-refractivity contribution in [3.05, 3.63) is 45.7 Å². The van der Waals surface area contributed by atoms with Crippen LogP contribution in [0, 0.1) is 0 Å². The third-order valence-corrected chi connectivity index (χ3v) is 6.91. The topological polar surface area (TPSA) is 63.4 Å². The Balaban J connectivity index is 2.31. The zero-order valence-corrected chi connectivity index (χ0v) is 14.1. The van der Waals surface area contributed by atoms with E-state index < -0.39 is 10.0 Å². The molecular weight excluding hydrogens is 360 g/mol. The van der Waals surface area contributed by atoms with Crippen LogP contribution in [-0.4, -0.2) is 19.3 Å². The molecule has 2 rings (SSSR count). The van der Waals surface area contributed by atoms with Crippen LogP contribution in [-0.2, 0) is 16.6 Å². The van der Waals surface area contributed by atoms with Gasteiger partial charge in [0, 0.05) is 18.8 Å². The number of para-hydroxylation sites is 1. The van der Waals surface area contributed by atoms with E-state index in [1.165, 1.54) is 15.6 Å². The Labute approximate surface area is 131 Å². The molecule has 0 bridgehead atoms. The van der Waals surface area contributed by atoms with Crippen molar-refractivity contribution >= 4 is 43.0 Å². The van der Waals surface area contributed by atoms with Gasteiger partial charge in [-0.2, -0.15) is 4.31 Å². The molecule has 2 aromatic rings. The number of benzene rings is 1. The predicted octanol–water partition coefficient (Wildman–Crippen LogP) is 3.30. The van der Waals surface area contributed by atoms with Crippen LogP contribution in [0.3, 0.4) is 0 Å². The maximum atomic E-state index is 12.6. The van der Waals surface area contributed by atoms with E-state index in [1.54, 1.807) is 18.2 Å². The first-order chi connectivity index (χ1) is 9.45. The molecule has 4 nitrogen and oxygen atoms in total. The van der Waals surface area contributed by atoms with E-state index in [2.05, 4.69) is 15.9 Å². The van der Waals surface area contributed by atoms with Gasteiger partial charge in [0.05, 0.1) is 3.79 Å². The number of thiophene rings is 1. The highest BCUT2D eigenvalue weighted by Crippen LogP contribution is 2.29. The van der Waals surface area contributed by atoms with E-state index in [0.29, 0.717) is 16.4 Å². The highest BCUT2D eigenvalue weighted by atomic mass is 79.9. The minimum absolute atomic E-state index is 0.279. The fourth-order valence-electron chi connectivity index (χ4n) is 1.80. The Morgan fingerprint density at radius 3 is 2.50 bits per heavy atom. The minimum Gasteiger partial charge on any atom is -0.398 e. The second kappa shape index (κ2) is 6.26. The summed E-state index contributed by atoms with van der Waals surface area (Å²) in [5.74, 6) is 0. The van der Waals surface area contributed by atoms with E-state index in [-0.39, 0.29) is 6.54 Å². The normalized spacial score (nSPS) is 11.9. The molecule has 2 N–H and O–H groups in total. The van der Waals surface area contributed by atoms with Gasteiger partial charge in [0.2, 0.25) is 0 Å². The maximum Gasteiger partial charge on any atom is 0.252 e. The summed E-state index contributed by atoms with van der Waals surface area (Å²) in [5.41, 5.74) is 7.30. The summed E-state index contributed by atoms with van der Waals surface area (Å²) in [6, 6.07) is 10.7. The van der Waals surface area contributed by atoms with Gasteiger partial charge in [-0.05, 0) is 39.7 Å². The van der Waals surface area contributed by atoms with Gasteiger partial charge in [-0.3, -0.25) is 0 Å². The molecule has 0 aliphatic heterocycles. The third kappa shape index (κ3) is 3.22. The minimum atomic E-state index is -3.48. The lowest BCUT2D eigenvalue weighted by atomic mass is 10.2. The molecule has 0 amide bonds. The van der Waals surface area contributed by atoms with Gasteiger partial charge < -0.3 is 5.73 Å². The fourth-order valence-corrected chi connectivity index (χ4v) is 5.39. The molecule has 0 spiro atoms. The van der Waals surface area contributed by atoms with Crippen LogP contribution >= 0.6 is 27.3 Å². The van der Waals surface area contributed by atoms with E-state index in [0.717, 1.165) is 9.35 Å². The lowest BCUT2D eigenvalue weighted by Crippen LogP contribution is -2.30. The molecule has 0 unspecified atom stereocenters. The number of nitrogens with two attached hydrogens (primary N) is 1. The van der Waals surface area contributed by atoms with Crippen molar-refractivity contribution in [2.75, 3.05) is 12.3 Å². The summed E-state index contributed by atoms with van der Waals surface area (Å²) < 4.78 is 27.7. The summed E-state index contributed by atoms with van der Waals surface area (Å²) in [6.07, 6.45) is 0. The number of nitrogen functional groups attached to an aromatic ring is 1. The molecule has 0 aliphatic rings. The summed E-state index contributed by atoms with van der Waals surface area (Å²) in [7, 11) is -3.48.